The predicted octanol–water partition coefficient (Wildman–Crippen LogP) is 7.58. The summed E-state index contributed by atoms with van der Waals surface area (Å²) < 4.78 is 6.58. The molecular formula is C35H35NO2. The van der Waals surface area contributed by atoms with Crippen molar-refractivity contribution >= 4 is 16.7 Å². The summed E-state index contributed by atoms with van der Waals surface area (Å²) in [5, 5.41) is 2.21. The van der Waals surface area contributed by atoms with Gasteiger partial charge in [-0.1, -0.05) is 91.0 Å². The van der Waals surface area contributed by atoms with E-state index in [0.717, 1.165) is 43.1 Å². The Kier molecular flexibility index (Phi) is 6.05. The van der Waals surface area contributed by atoms with Gasteiger partial charge in [0.15, 0.2) is 0 Å². The second-order valence-electron chi connectivity index (χ2n) is 11.6. The molecule has 38 heavy (non-hydrogen) atoms. The van der Waals surface area contributed by atoms with Crippen LogP contribution in [0.5, 0.6) is 0 Å². The largest absolute Gasteiger partial charge is 0.458 e. The van der Waals surface area contributed by atoms with Gasteiger partial charge in [0.05, 0.1) is 5.56 Å². The van der Waals surface area contributed by atoms with E-state index >= 15 is 0 Å². The number of likely N-dealkylation sites (tertiary alicyclic amines) is 1. The quantitative estimate of drug-likeness (QED) is 0.264. The molecule has 3 heteroatoms. The average molecular weight is 502 g/mol. The third kappa shape index (κ3) is 4.14. The lowest BCUT2D eigenvalue weighted by Gasteiger charge is -2.61. The molecule has 3 aliphatic carbocycles. The zero-order chi connectivity index (χ0) is 25.5. The molecule has 0 amide bonds. The lowest BCUT2D eigenvalue weighted by Crippen LogP contribution is -2.62. The maximum atomic E-state index is 13.7. The van der Waals surface area contributed by atoms with Gasteiger partial charge < -0.3 is 4.74 Å². The molecule has 1 aliphatic heterocycles. The number of carbonyl (C=O) groups excluding carboxylic acids is 1. The Morgan fingerprint density at radius 3 is 1.89 bits per heavy atom. The second kappa shape index (κ2) is 9.71. The lowest BCUT2D eigenvalue weighted by molar-refractivity contribution is -0.105. The Balaban J connectivity index is 1.29. The molecule has 0 radical (unpaired) electrons. The molecule has 2 bridgehead atoms. The monoisotopic (exact) mass is 501 g/mol. The Morgan fingerprint density at radius 1 is 0.684 bits per heavy atom. The number of nitrogens with zero attached hydrogens (tertiary/aromatic N) is 1. The van der Waals surface area contributed by atoms with Crippen molar-refractivity contribution in [1.82, 2.24) is 4.90 Å². The SMILES string of the molecule is O=C(O[C@@H]1CC2(N3CCCC3)C[C@@H](c3ccccc3)C1[C@H](c1ccccc1)C2)c1ccc2ccccc2c1. The fourth-order valence-electron chi connectivity index (χ4n) is 7.95. The van der Waals surface area contributed by atoms with E-state index < -0.39 is 0 Å². The lowest BCUT2D eigenvalue weighted by atomic mass is 9.51. The van der Waals surface area contributed by atoms with E-state index in [1.54, 1.807) is 0 Å². The van der Waals surface area contributed by atoms with Crippen LogP contribution < -0.4 is 0 Å². The summed E-state index contributed by atoms with van der Waals surface area (Å²) in [6.45, 7) is 2.30. The molecule has 192 valence electrons. The number of benzene rings is 4. The molecule has 0 aromatic heterocycles. The first-order valence-electron chi connectivity index (χ1n) is 14.2. The minimum absolute atomic E-state index is 0.0561. The van der Waals surface area contributed by atoms with Crippen molar-refractivity contribution in [1.29, 1.82) is 0 Å². The van der Waals surface area contributed by atoms with E-state index in [1.807, 2.05) is 30.3 Å². The van der Waals surface area contributed by atoms with E-state index in [4.69, 9.17) is 4.74 Å². The van der Waals surface area contributed by atoms with Crippen LogP contribution in [0.4, 0.5) is 0 Å². The predicted molar refractivity (Wildman–Crippen MR) is 152 cm³/mol. The molecule has 1 heterocycles. The summed E-state index contributed by atoms with van der Waals surface area (Å²) in [4.78, 5) is 16.5. The number of hydrogen-bond donors (Lipinski definition) is 0. The van der Waals surface area contributed by atoms with Crippen LogP contribution in [-0.4, -0.2) is 35.6 Å². The molecular weight excluding hydrogens is 466 g/mol. The first kappa shape index (κ1) is 23.7. The molecule has 0 spiro atoms. The summed E-state index contributed by atoms with van der Waals surface area (Å²) in [5.74, 6) is 0.787. The molecule has 3 atom stereocenters. The van der Waals surface area contributed by atoms with Gasteiger partial charge in [0, 0.05) is 17.9 Å². The topological polar surface area (TPSA) is 29.5 Å². The number of carbonyl (C=O) groups is 1. The van der Waals surface area contributed by atoms with Gasteiger partial charge in [-0.15, -0.1) is 0 Å². The highest BCUT2D eigenvalue weighted by molar-refractivity contribution is 5.95. The van der Waals surface area contributed by atoms with Crippen LogP contribution in [0.3, 0.4) is 0 Å². The molecule has 4 aliphatic rings. The molecule has 8 rings (SSSR count). The van der Waals surface area contributed by atoms with E-state index in [2.05, 4.69) is 77.7 Å². The summed E-state index contributed by atoms with van der Waals surface area (Å²) in [7, 11) is 0. The van der Waals surface area contributed by atoms with E-state index in [-0.39, 0.29) is 23.5 Å². The minimum Gasteiger partial charge on any atom is -0.458 e. The average Bonchev–Trinajstić information content (AvgIpc) is 3.54. The smallest absolute Gasteiger partial charge is 0.338 e. The fraction of sp³-hybridized carbons (Fsp3) is 0.343. The van der Waals surface area contributed by atoms with Crippen molar-refractivity contribution in [3.05, 3.63) is 120 Å². The maximum absolute atomic E-state index is 13.7. The van der Waals surface area contributed by atoms with Gasteiger partial charge in [-0.05, 0) is 84.6 Å². The highest BCUT2D eigenvalue weighted by Crippen LogP contribution is 2.61. The molecule has 3 saturated carbocycles. The van der Waals surface area contributed by atoms with Crippen LogP contribution in [0.1, 0.15) is 65.4 Å². The van der Waals surface area contributed by atoms with E-state index in [0.29, 0.717) is 17.4 Å². The van der Waals surface area contributed by atoms with Crippen molar-refractivity contribution in [3.63, 3.8) is 0 Å². The van der Waals surface area contributed by atoms with E-state index in [9.17, 15) is 4.79 Å². The first-order valence-corrected chi connectivity index (χ1v) is 14.2. The Bertz CT molecular complexity index is 1380. The molecule has 0 unspecified atom stereocenters. The van der Waals surface area contributed by atoms with Gasteiger partial charge in [-0.25, -0.2) is 4.79 Å². The number of hydrogen-bond acceptors (Lipinski definition) is 3. The molecule has 3 nitrogen and oxygen atoms in total. The Labute approximate surface area is 225 Å². The van der Waals surface area contributed by atoms with Crippen molar-refractivity contribution in [2.45, 2.75) is 55.6 Å². The van der Waals surface area contributed by atoms with Crippen molar-refractivity contribution in [2.24, 2.45) is 5.92 Å². The summed E-state index contributed by atoms with van der Waals surface area (Å²) in [5.41, 5.74) is 3.47. The maximum Gasteiger partial charge on any atom is 0.338 e. The van der Waals surface area contributed by atoms with E-state index in [1.165, 1.54) is 24.0 Å². The zero-order valence-electron chi connectivity index (χ0n) is 21.8. The van der Waals surface area contributed by atoms with Crippen molar-refractivity contribution in [3.8, 4) is 0 Å². The Hall–Kier alpha value is -3.43. The van der Waals surface area contributed by atoms with Crippen LogP contribution in [0, 0.1) is 5.92 Å². The van der Waals surface area contributed by atoms with Gasteiger partial charge in [0.25, 0.3) is 0 Å². The number of esters is 1. The van der Waals surface area contributed by atoms with Crippen LogP contribution in [0.2, 0.25) is 0 Å². The van der Waals surface area contributed by atoms with Gasteiger partial charge in [-0.3, -0.25) is 4.90 Å². The third-order valence-corrected chi connectivity index (χ3v) is 9.62. The second-order valence-corrected chi connectivity index (χ2v) is 11.6. The normalized spacial score (nSPS) is 28.9. The summed E-state index contributed by atoms with van der Waals surface area (Å²) in [6, 6.07) is 36.1. The van der Waals surface area contributed by atoms with Gasteiger partial charge >= 0.3 is 5.97 Å². The van der Waals surface area contributed by atoms with Crippen LogP contribution in [0.25, 0.3) is 10.8 Å². The fourth-order valence-corrected chi connectivity index (χ4v) is 7.95. The first-order chi connectivity index (χ1) is 18.7. The number of fused-ring (bicyclic) bond motifs is 4. The molecule has 4 aromatic rings. The summed E-state index contributed by atoms with van der Waals surface area (Å²) >= 11 is 0. The van der Waals surface area contributed by atoms with Crippen molar-refractivity contribution in [2.75, 3.05) is 13.1 Å². The highest BCUT2D eigenvalue weighted by atomic mass is 16.5. The third-order valence-electron chi connectivity index (χ3n) is 9.62. The minimum atomic E-state index is -0.191. The van der Waals surface area contributed by atoms with Gasteiger partial charge in [-0.2, -0.15) is 0 Å². The number of ether oxygens (including phenoxy) is 1. The molecule has 1 saturated heterocycles. The van der Waals surface area contributed by atoms with Crippen LogP contribution in [-0.2, 0) is 4.74 Å². The molecule has 4 aromatic carbocycles. The van der Waals surface area contributed by atoms with Gasteiger partial charge in [0.2, 0.25) is 0 Å². The highest BCUT2D eigenvalue weighted by Gasteiger charge is 2.59. The van der Waals surface area contributed by atoms with Crippen molar-refractivity contribution < 1.29 is 9.53 Å². The van der Waals surface area contributed by atoms with Gasteiger partial charge in [0.1, 0.15) is 6.10 Å². The van der Waals surface area contributed by atoms with Crippen LogP contribution >= 0.6 is 0 Å². The van der Waals surface area contributed by atoms with Crippen LogP contribution in [0.15, 0.2) is 103 Å². The number of rotatable bonds is 5. The molecule has 4 fully saturated rings. The molecule has 0 N–H and O–H groups in total. The zero-order valence-corrected chi connectivity index (χ0v) is 21.8. The standard InChI is InChI=1S/C35H35NO2/c37-34(29-18-17-25-11-7-8-16-28(25)21-29)38-32-24-35(36-19-9-10-20-36)22-30(26-12-3-1-4-13-26)33(32)31(23-35)27-14-5-2-6-15-27/h1-8,11-18,21,30-33H,9-10,19-20,22-24H2/t30-,31-,32+,33?,35?/m0/s1. The Morgan fingerprint density at radius 2 is 1.26 bits per heavy atom. The summed E-state index contributed by atoms with van der Waals surface area (Å²) in [6.07, 6.45) is 5.64.